The Kier molecular flexibility index (Phi) is 4.86. The number of oxime groups is 1. The Hall–Kier alpha value is -4.97. The zero-order chi connectivity index (χ0) is 28.1. The third-order valence-corrected chi connectivity index (χ3v) is 7.99. The van der Waals surface area contributed by atoms with Gasteiger partial charge in [0.25, 0.3) is 5.56 Å². The Morgan fingerprint density at radius 1 is 1.00 bits per heavy atom. The fourth-order valence-corrected chi connectivity index (χ4v) is 6.27. The maximum Gasteiger partial charge on any atom is 0.260 e. The smallest absolute Gasteiger partial charge is 0.260 e. The molecule has 0 saturated carbocycles. The van der Waals surface area contributed by atoms with Crippen LogP contribution >= 0.6 is 11.6 Å². The topological polar surface area (TPSA) is 204 Å². The van der Waals surface area contributed by atoms with Gasteiger partial charge in [-0.3, -0.25) is 24.0 Å². The molecule has 0 radical (unpaired) electrons. The summed E-state index contributed by atoms with van der Waals surface area (Å²) >= 11 is 6.61. The van der Waals surface area contributed by atoms with E-state index in [0.29, 0.717) is 0 Å². The van der Waals surface area contributed by atoms with Crippen molar-refractivity contribution < 1.29 is 44.4 Å². The third-order valence-electron chi connectivity index (χ3n) is 7.56. The number of carbonyl (C=O) groups is 4. The Labute approximate surface area is 221 Å². The number of aromatic hydroxyl groups is 3. The number of fused-ring (bicyclic) bond motifs is 5. The molecule has 3 aliphatic carbocycles. The first kappa shape index (κ1) is 24.4. The van der Waals surface area contributed by atoms with Crippen molar-refractivity contribution in [1.29, 1.82) is 0 Å². The van der Waals surface area contributed by atoms with Crippen molar-refractivity contribution in [2.75, 3.05) is 7.11 Å². The maximum absolute atomic E-state index is 14.0. The molecular formula is C26H15ClN2O10. The quantitative estimate of drug-likeness (QED) is 0.103. The van der Waals surface area contributed by atoms with E-state index in [1.165, 1.54) is 6.07 Å². The van der Waals surface area contributed by atoms with Crippen LogP contribution in [0.15, 0.2) is 27.9 Å². The van der Waals surface area contributed by atoms with Crippen LogP contribution in [0.25, 0.3) is 10.8 Å². The minimum atomic E-state index is -2.21. The standard InChI is InChI=1S/C26H15ClN2O10/c1-39-11-5-10(30)13-14(19(11)31)21(33)16-15(20(13)32)23(35)26(24(16)36)3-2-8-17(26)22(34)12-9(18(8)27)4-7(6-28-38)29-25(12)37/h4-6,32-34,38H,2-3H2,1H3,(H,29,37)/b28-6+/t26-/m0/s1. The van der Waals surface area contributed by atoms with Gasteiger partial charge in [0.05, 0.1) is 51.7 Å². The monoisotopic (exact) mass is 550 g/mol. The second-order valence-electron chi connectivity index (χ2n) is 9.27. The van der Waals surface area contributed by atoms with Gasteiger partial charge in [0, 0.05) is 17.0 Å². The molecule has 12 nitrogen and oxygen atoms in total. The first-order valence-corrected chi connectivity index (χ1v) is 11.7. The highest BCUT2D eigenvalue weighted by Gasteiger charge is 2.62. The van der Waals surface area contributed by atoms with Gasteiger partial charge >= 0.3 is 0 Å². The summed E-state index contributed by atoms with van der Waals surface area (Å²) in [4.78, 5) is 68.9. The average Bonchev–Trinajstić information content (AvgIpc) is 3.40. The van der Waals surface area contributed by atoms with E-state index in [4.69, 9.17) is 21.5 Å². The van der Waals surface area contributed by atoms with Gasteiger partial charge in [-0.15, -0.1) is 0 Å². The van der Waals surface area contributed by atoms with Gasteiger partial charge in [-0.1, -0.05) is 16.8 Å². The zero-order valence-electron chi connectivity index (χ0n) is 19.7. The van der Waals surface area contributed by atoms with Crippen molar-refractivity contribution in [3.05, 3.63) is 72.4 Å². The van der Waals surface area contributed by atoms with Gasteiger partial charge in [0.15, 0.2) is 23.1 Å². The lowest BCUT2D eigenvalue weighted by Gasteiger charge is -2.23. The number of allylic oxidation sites excluding steroid dienone is 2. The Bertz CT molecular complexity index is 1900. The van der Waals surface area contributed by atoms with E-state index >= 15 is 0 Å². The van der Waals surface area contributed by atoms with Crippen molar-refractivity contribution in [3.8, 4) is 17.2 Å². The van der Waals surface area contributed by atoms with Crippen molar-refractivity contribution >= 4 is 51.7 Å². The number of methoxy groups -OCH3 is 1. The normalized spacial score (nSPS) is 19.7. The molecule has 1 atom stereocenters. The van der Waals surface area contributed by atoms with Crippen LogP contribution in [-0.4, -0.2) is 62.0 Å². The van der Waals surface area contributed by atoms with Crippen molar-refractivity contribution in [2.24, 2.45) is 5.16 Å². The lowest BCUT2D eigenvalue weighted by atomic mass is 9.76. The number of ether oxygens (including phenoxy) is 1. The number of ketones is 4. The van der Waals surface area contributed by atoms with Crippen molar-refractivity contribution in [2.45, 2.75) is 18.3 Å². The molecule has 0 aliphatic heterocycles. The first-order valence-electron chi connectivity index (χ1n) is 11.4. The van der Waals surface area contributed by atoms with Gasteiger partial charge in [0.2, 0.25) is 5.78 Å². The number of aromatic amines is 1. The summed E-state index contributed by atoms with van der Waals surface area (Å²) in [5, 5.41) is 44.8. The number of H-pyrrole nitrogens is 1. The second kappa shape index (κ2) is 7.77. The highest BCUT2D eigenvalue weighted by Crippen LogP contribution is 2.58. The minimum Gasteiger partial charge on any atom is -0.507 e. The number of aromatic nitrogens is 1. The number of benzene rings is 2. The van der Waals surface area contributed by atoms with Gasteiger partial charge in [-0.05, 0) is 24.5 Å². The molecule has 196 valence electrons. The number of phenolic OH excluding ortho intramolecular Hbond substituents is 3. The summed E-state index contributed by atoms with van der Waals surface area (Å²) in [5.74, 6) is -7.12. The molecule has 5 N–H and O–H groups in total. The zero-order valence-corrected chi connectivity index (χ0v) is 20.5. The molecular weight excluding hydrogens is 536 g/mol. The van der Waals surface area contributed by atoms with E-state index in [1.54, 1.807) is 0 Å². The minimum absolute atomic E-state index is 0.0200. The van der Waals surface area contributed by atoms with Crippen LogP contribution in [0.3, 0.4) is 0 Å². The van der Waals surface area contributed by atoms with E-state index in [-0.39, 0.29) is 45.5 Å². The number of pyridine rings is 1. The van der Waals surface area contributed by atoms with Crippen molar-refractivity contribution in [3.63, 3.8) is 0 Å². The fourth-order valence-electron chi connectivity index (χ4n) is 5.93. The molecule has 6 rings (SSSR count). The van der Waals surface area contributed by atoms with Crippen LogP contribution in [-0.2, 0) is 16.6 Å². The molecule has 39 heavy (non-hydrogen) atoms. The fraction of sp³-hybridized carbons (Fsp3) is 0.154. The Balaban J connectivity index is 1.67. The highest BCUT2D eigenvalue weighted by molar-refractivity contribution is 6.41. The number of Topliss-reactive ketones (excluding diaryl/α,β-unsaturated/α-hetero) is 3. The van der Waals surface area contributed by atoms with E-state index in [2.05, 4.69) is 10.1 Å². The van der Waals surface area contributed by atoms with Crippen molar-refractivity contribution in [1.82, 2.24) is 4.98 Å². The molecule has 1 aromatic heterocycles. The number of hydrogen-bond acceptors (Lipinski definition) is 11. The van der Waals surface area contributed by atoms with Gasteiger partial charge < -0.3 is 30.2 Å². The first-order chi connectivity index (χ1) is 18.5. The molecule has 0 unspecified atom stereocenters. The van der Waals surface area contributed by atoms with E-state index in [1.807, 2.05) is 0 Å². The summed E-state index contributed by atoms with van der Waals surface area (Å²) < 4.78 is 4.88. The SMILES string of the molecule is COC1=CC(=O)c2c(O)c3c(c(O)c2C1=O)C(=O)[C@]1(CCc2c1c(O)c1c(=O)[nH]c(/C=N/O)cc1c2Cl)C3=O. The molecule has 13 heteroatoms. The molecule has 2 aromatic carbocycles. The number of hydrogen-bond donors (Lipinski definition) is 5. The van der Waals surface area contributed by atoms with E-state index in [9.17, 15) is 39.3 Å². The third kappa shape index (κ3) is 2.73. The average molecular weight is 551 g/mol. The van der Waals surface area contributed by atoms with Crippen LogP contribution in [0.5, 0.6) is 17.2 Å². The summed E-state index contributed by atoms with van der Waals surface area (Å²) in [7, 11) is 1.11. The predicted octanol–water partition coefficient (Wildman–Crippen LogP) is 2.28. The molecule has 0 saturated heterocycles. The van der Waals surface area contributed by atoms with Crippen LogP contribution in [0, 0.1) is 0 Å². The number of carbonyl (C=O) groups excluding carboxylic acids is 4. The number of nitrogens with one attached hydrogen (secondary N) is 1. The summed E-state index contributed by atoms with van der Waals surface area (Å²) in [6.07, 6.45) is 1.45. The van der Waals surface area contributed by atoms with Crippen LogP contribution in [0.4, 0.5) is 0 Å². The lowest BCUT2D eigenvalue weighted by molar-refractivity contribution is 0.0790. The molecule has 1 spiro atoms. The van der Waals surface area contributed by atoms with Crippen LogP contribution in [0.1, 0.15) is 64.7 Å². The second-order valence-corrected chi connectivity index (χ2v) is 9.65. The molecule has 3 aliphatic rings. The Morgan fingerprint density at radius 3 is 2.26 bits per heavy atom. The van der Waals surface area contributed by atoms with Crippen LogP contribution < -0.4 is 5.56 Å². The molecule has 1 heterocycles. The number of phenols is 3. The summed E-state index contributed by atoms with van der Waals surface area (Å²) in [6, 6.07) is 1.33. The van der Waals surface area contributed by atoms with Gasteiger partial charge in [0.1, 0.15) is 22.7 Å². The molecule has 0 amide bonds. The predicted molar refractivity (Wildman–Crippen MR) is 133 cm³/mol. The van der Waals surface area contributed by atoms with E-state index < -0.39 is 79.4 Å². The maximum atomic E-state index is 14.0. The van der Waals surface area contributed by atoms with Gasteiger partial charge in [-0.2, -0.15) is 0 Å². The molecule has 3 aromatic rings. The Morgan fingerprint density at radius 2 is 1.64 bits per heavy atom. The van der Waals surface area contributed by atoms with Gasteiger partial charge in [-0.25, -0.2) is 0 Å². The lowest BCUT2D eigenvalue weighted by Crippen LogP contribution is -2.36. The largest absolute Gasteiger partial charge is 0.507 e. The summed E-state index contributed by atoms with van der Waals surface area (Å²) in [5.41, 5.74) is -5.84. The van der Waals surface area contributed by atoms with Crippen LogP contribution in [0.2, 0.25) is 5.02 Å². The highest BCUT2D eigenvalue weighted by atomic mass is 35.5. The number of halogens is 1. The molecule has 0 fully saturated rings. The number of rotatable bonds is 2. The van der Waals surface area contributed by atoms with E-state index in [0.717, 1.165) is 19.4 Å². The summed E-state index contributed by atoms with van der Waals surface area (Å²) in [6.45, 7) is 0. The number of nitrogens with zero attached hydrogens (tertiary/aromatic N) is 1. The molecule has 0 bridgehead atoms.